The van der Waals surface area contributed by atoms with Crippen molar-refractivity contribution in [1.29, 1.82) is 0 Å². The van der Waals surface area contributed by atoms with Gasteiger partial charge in [0.2, 0.25) is 0 Å². The third kappa shape index (κ3) is 34.1. The largest absolute Gasteiger partial charge is 0.478 e. The molecule has 0 aromatic heterocycles. The van der Waals surface area contributed by atoms with Gasteiger partial charge in [-0.3, -0.25) is 0 Å². The lowest BCUT2D eigenvalue weighted by Crippen LogP contribution is -1.95. The zero-order chi connectivity index (χ0) is 26.4. The number of halogens is 1. The Morgan fingerprint density at radius 2 is 0.861 bits per heavy atom. The van der Waals surface area contributed by atoms with Gasteiger partial charge in [-0.25, -0.2) is 4.79 Å². The van der Waals surface area contributed by atoms with Gasteiger partial charge in [-0.2, -0.15) is 0 Å². The molecular formula is C32H66BrO2P. The zero-order valence-corrected chi connectivity index (χ0v) is 27.9. The van der Waals surface area contributed by atoms with Crippen LogP contribution in [0.25, 0.3) is 0 Å². The quantitative estimate of drug-likeness (QED) is 0.0649. The van der Waals surface area contributed by atoms with E-state index in [4.69, 9.17) is 5.11 Å². The van der Waals surface area contributed by atoms with Gasteiger partial charge >= 0.3 is 5.97 Å². The average molecular weight is 594 g/mol. The topological polar surface area (TPSA) is 37.3 Å². The molecule has 0 bridgehead atoms. The Balaban J connectivity index is -0.000000667. The van der Waals surface area contributed by atoms with E-state index in [2.05, 4.69) is 27.7 Å². The van der Waals surface area contributed by atoms with Crippen molar-refractivity contribution in [3.8, 4) is 0 Å². The molecule has 0 rings (SSSR count). The first-order chi connectivity index (χ1) is 17.0. The summed E-state index contributed by atoms with van der Waals surface area (Å²) in [7, 11) is 0.422. The van der Waals surface area contributed by atoms with Crippen LogP contribution >= 0.6 is 24.9 Å². The maximum Gasteiger partial charge on any atom is 0.330 e. The summed E-state index contributed by atoms with van der Waals surface area (Å²) >= 11 is 0. The second-order valence-corrected chi connectivity index (χ2v) is 13.2. The number of rotatable bonds is 25. The molecule has 1 N–H and O–H groups in total. The molecule has 0 aliphatic carbocycles. The normalized spacial score (nSPS) is 11.2. The smallest absolute Gasteiger partial charge is 0.330 e. The molecule has 4 heteroatoms. The van der Waals surface area contributed by atoms with Crippen molar-refractivity contribution in [2.24, 2.45) is 0 Å². The second-order valence-electron chi connectivity index (χ2n) is 10.5. The van der Waals surface area contributed by atoms with E-state index in [1.54, 1.807) is 25.4 Å². The summed E-state index contributed by atoms with van der Waals surface area (Å²) in [5.41, 5.74) is 0.481. The van der Waals surface area contributed by atoms with Crippen LogP contribution in [0.15, 0.2) is 11.6 Å². The lowest BCUT2D eigenvalue weighted by atomic mass is 10.0. The van der Waals surface area contributed by atoms with Gasteiger partial charge in [0, 0.05) is 5.57 Å². The minimum atomic E-state index is -0.787. The van der Waals surface area contributed by atoms with E-state index in [9.17, 15) is 4.79 Å². The highest BCUT2D eigenvalue weighted by molar-refractivity contribution is 8.93. The van der Waals surface area contributed by atoms with Crippen molar-refractivity contribution in [3.05, 3.63) is 11.6 Å². The van der Waals surface area contributed by atoms with Crippen LogP contribution in [0.1, 0.15) is 169 Å². The number of unbranched alkanes of at least 4 members (excludes halogenated alkanes) is 17. The Labute approximate surface area is 239 Å². The molecule has 0 fully saturated rings. The number of allylic oxidation sites excluding steroid dienone is 1. The summed E-state index contributed by atoms with van der Waals surface area (Å²) in [5.74, 6) is -0.787. The highest BCUT2D eigenvalue weighted by Gasteiger charge is 2.05. The fourth-order valence-corrected chi connectivity index (χ4v) is 7.19. The molecule has 0 aromatic rings. The third-order valence-electron chi connectivity index (χ3n) is 6.83. The zero-order valence-electron chi connectivity index (χ0n) is 25.3. The Morgan fingerprint density at radius 3 is 1.17 bits per heavy atom. The highest BCUT2D eigenvalue weighted by atomic mass is 79.9. The molecule has 0 radical (unpaired) electrons. The number of carboxylic acids is 1. The molecule has 0 saturated heterocycles. The van der Waals surface area contributed by atoms with Crippen LogP contribution in [-0.4, -0.2) is 29.6 Å². The molecule has 0 aliphatic rings. The summed E-state index contributed by atoms with van der Waals surface area (Å²) in [6, 6.07) is 0. The molecule has 0 saturated carbocycles. The monoisotopic (exact) mass is 592 g/mol. The van der Waals surface area contributed by atoms with Crippen LogP contribution in [0.4, 0.5) is 0 Å². The Kier molecular flexibility index (Phi) is 39.6. The maximum atomic E-state index is 10.6. The van der Waals surface area contributed by atoms with E-state index in [1.807, 2.05) is 6.08 Å². The van der Waals surface area contributed by atoms with E-state index < -0.39 is 5.97 Å². The predicted molar refractivity (Wildman–Crippen MR) is 173 cm³/mol. The molecule has 0 aliphatic heterocycles. The fraction of sp³-hybridized carbons (Fsp3) is 0.906. The standard InChI is InChI=1S/C20H38O2.C12H27P.BrH/c1-3-4-5-6-7-8-9-10-11-12-13-14-15-16-17-18-19(2)20(21)22;1-4-7-10-13(11-8-5-2)12-9-6-3;/h18H,3-17H2,1-2H3,(H,21,22);4-12H2,1-3H3;1H. The summed E-state index contributed by atoms with van der Waals surface area (Å²) in [6.45, 7) is 10.9. The van der Waals surface area contributed by atoms with Crippen molar-refractivity contribution in [1.82, 2.24) is 0 Å². The maximum absolute atomic E-state index is 10.6. The number of hydrogen-bond acceptors (Lipinski definition) is 1. The molecule has 218 valence electrons. The Bertz CT molecular complexity index is 434. The van der Waals surface area contributed by atoms with Crippen LogP contribution in [0.2, 0.25) is 0 Å². The van der Waals surface area contributed by atoms with Crippen LogP contribution in [0, 0.1) is 0 Å². The summed E-state index contributed by atoms with van der Waals surface area (Å²) < 4.78 is 0. The third-order valence-corrected chi connectivity index (χ3v) is 9.68. The number of carbonyl (C=O) groups is 1. The van der Waals surface area contributed by atoms with E-state index in [-0.39, 0.29) is 17.0 Å². The summed E-state index contributed by atoms with van der Waals surface area (Å²) in [5, 5.41) is 8.73. The second kappa shape index (κ2) is 35.1. The van der Waals surface area contributed by atoms with Gasteiger partial charge in [0.15, 0.2) is 0 Å². The molecule has 0 spiro atoms. The van der Waals surface area contributed by atoms with Gasteiger partial charge in [0.25, 0.3) is 0 Å². The molecule has 0 atom stereocenters. The Hall–Kier alpha value is 0.120. The first kappa shape index (κ1) is 40.6. The minimum absolute atomic E-state index is 0. The van der Waals surface area contributed by atoms with Crippen LogP contribution < -0.4 is 0 Å². The molecule has 36 heavy (non-hydrogen) atoms. The fourth-order valence-electron chi connectivity index (χ4n) is 4.23. The first-order valence-corrected chi connectivity index (χ1v) is 17.5. The molecule has 0 amide bonds. The van der Waals surface area contributed by atoms with Gasteiger partial charge in [0.05, 0.1) is 0 Å². The van der Waals surface area contributed by atoms with E-state index >= 15 is 0 Å². The van der Waals surface area contributed by atoms with Gasteiger partial charge < -0.3 is 5.11 Å². The number of hydrogen-bond donors (Lipinski definition) is 1. The average Bonchev–Trinajstić information content (AvgIpc) is 2.86. The van der Waals surface area contributed by atoms with Crippen molar-refractivity contribution < 1.29 is 9.90 Å². The SMILES string of the molecule is Br.CCCCCCCCCCCCCCCCC=C(C)C(=O)O.CCCCP(CCCC)CCCC. The van der Waals surface area contributed by atoms with Crippen LogP contribution in [-0.2, 0) is 4.79 Å². The van der Waals surface area contributed by atoms with Crippen molar-refractivity contribution >= 4 is 30.9 Å². The number of aliphatic carboxylic acids is 1. The molecule has 0 unspecified atom stereocenters. The van der Waals surface area contributed by atoms with Crippen molar-refractivity contribution in [2.75, 3.05) is 18.5 Å². The first-order valence-electron chi connectivity index (χ1n) is 15.7. The Morgan fingerprint density at radius 1 is 0.556 bits per heavy atom. The van der Waals surface area contributed by atoms with Crippen molar-refractivity contribution in [2.45, 2.75) is 169 Å². The van der Waals surface area contributed by atoms with Gasteiger partial charge in [0.1, 0.15) is 0 Å². The van der Waals surface area contributed by atoms with Crippen molar-refractivity contribution in [3.63, 3.8) is 0 Å². The highest BCUT2D eigenvalue weighted by Crippen LogP contribution is 2.38. The molecular weight excluding hydrogens is 527 g/mol. The van der Waals surface area contributed by atoms with E-state index in [0.29, 0.717) is 13.5 Å². The van der Waals surface area contributed by atoms with Gasteiger partial charge in [-0.1, -0.05) is 137 Å². The summed E-state index contributed by atoms with van der Waals surface area (Å²) in [6.07, 6.45) is 35.1. The lowest BCUT2D eigenvalue weighted by molar-refractivity contribution is -0.132. The molecule has 0 heterocycles. The number of carboxylic acid groups (broad SMARTS) is 1. The molecule has 0 aromatic carbocycles. The minimum Gasteiger partial charge on any atom is -0.478 e. The van der Waals surface area contributed by atoms with Gasteiger partial charge in [-0.15, -0.1) is 24.9 Å². The van der Waals surface area contributed by atoms with E-state index in [0.717, 1.165) is 12.8 Å². The predicted octanol–water partition coefficient (Wildman–Crippen LogP) is 12.3. The lowest BCUT2D eigenvalue weighted by Gasteiger charge is -2.16. The van der Waals surface area contributed by atoms with Crippen LogP contribution in [0.5, 0.6) is 0 Å². The van der Waals surface area contributed by atoms with E-state index in [1.165, 1.54) is 122 Å². The van der Waals surface area contributed by atoms with Crippen LogP contribution in [0.3, 0.4) is 0 Å². The summed E-state index contributed by atoms with van der Waals surface area (Å²) in [4.78, 5) is 10.6. The van der Waals surface area contributed by atoms with Gasteiger partial charge in [-0.05, 0) is 57.5 Å². The molecule has 2 nitrogen and oxygen atoms in total.